The van der Waals surface area contributed by atoms with Gasteiger partial charge >= 0.3 is 11.9 Å². The average molecular weight is 696 g/mol. The Kier molecular flexibility index (Phi) is 10.8. The van der Waals surface area contributed by atoms with Crippen LogP contribution in [0, 0.1) is 17.7 Å². The molecule has 2 aromatic rings. The third-order valence-corrected chi connectivity index (χ3v) is 8.75. The lowest BCUT2D eigenvalue weighted by atomic mass is 10.1. The van der Waals surface area contributed by atoms with Crippen LogP contribution in [0.5, 0.6) is 23.0 Å². The van der Waals surface area contributed by atoms with Gasteiger partial charge in [-0.05, 0) is 44.8 Å². The third kappa shape index (κ3) is 7.43. The van der Waals surface area contributed by atoms with E-state index in [1.54, 1.807) is 11.0 Å². The molecule has 0 radical (unpaired) electrons. The Balaban J connectivity index is 1.36. The molecule has 0 aromatic heterocycles. The van der Waals surface area contributed by atoms with Crippen molar-refractivity contribution in [2.45, 2.75) is 59.3 Å². The second kappa shape index (κ2) is 14.4. The van der Waals surface area contributed by atoms with Crippen molar-refractivity contribution >= 4 is 39.7 Å². The van der Waals surface area contributed by atoms with Crippen LogP contribution in [0.2, 0.25) is 0 Å². The zero-order valence-corrected chi connectivity index (χ0v) is 27.1. The van der Waals surface area contributed by atoms with E-state index in [0.29, 0.717) is 41.0 Å². The fourth-order valence-electron chi connectivity index (χ4n) is 5.22. The molecule has 2 unspecified atom stereocenters. The molecule has 4 rings (SSSR count). The van der Waals surface area contributed by atoms with E-state index < -0.39 is 29.6 Å². The van der Waals surface area contributed by atoms with E-state index in [4.69, 9.17) is 29.2 Å². The number of carbonyl (C=O) groups is 4. The number of carbonyl (C=O) groups excluding carboxylic acids is 2. The first-order valence-electron chi connectivity index (χ1n) is 14.4. The van der Waals surface area contributed by atoms with E-state index in [1.807, 2.05) is 6.07 Å². The van der Waals surface area contributed by atoms with Crippen molar-refractivity contribution in [1.29, 1.82) is 0 Å². The summed E-state index contributed by atoms with van der Waals surface area (Å²) < 4.78 is 38.6. The van der Waals surface area contributed by atoms with Crippen molar-refractivity contribution in [1.82, 2.24) is 9.80 Å². The zero-order chi connectivity index (χ0) is 33.0. The quantitative estimate of drug-likeness (QED) is 0.273. The average Bonchev–Trinajstić information content (AvgIpc) is 3.64. The molecule has 0 saturated heterocycles. The minimum Gasteiger partial charge on any atom is -0.493 e. The van der Waals surface area contributed by atoms with Crippen LogP contribution < -0.4 is 18.9 Å². The molecule has 14 heteroatoms. The van der Waals surface area contributed by atoms with Crippen molar-refractivity contribution in [2.24, 2.45) is 11.8 Å². The maximum atomic E-state index is 15.5. The van der Waals surface area contributed by atoms with Crippen molar-refractivity contribution in [2.75, 3.05) is 27.4 Å². The summed E-state index contributed by atoms with van der Waals surface area (Å²) in [7, 11) is 2.83. The highest BCUT2D eigenvalue weighted by Gasteiger charge is 2.34. The molecule has 2 amide bonds. The van der Waals surface area contributed by atoms with Crippen molar-refractivity contribution in [3.63, 3.8) is 0 Å². The first-order valence-corrected chi connectivity index (χ1v) is 15.2. The summed E-state index contributed by atoms with van der Waals surface area (Å²) in [5.41, 5.74) is 2.59. The van der Waals surface area contributed by atoms with Gasteiger partial charge in [0.2, 0.25) is 11.8 Å². The van der Waals surface area contributed by atoms with Crippen LogP contribution >= 0.6 is 15.9 Å². The summed E-state index contributed by atoms with van der Waals surface area (Å²) in [5.74, 6) is -3.98. The minimum absolute atomic E-state index is 0.00852. The third-order valence-electron chi connectivity index (χ3n) is 7.91. The normalized spacial score (nSPS) is 14.8. The summed E-state index contributed by atoms with van der Waals surface area (Å²) >= 11 is 3.49. The van der Waals surface area contributed by atoms with E-state index in [9.17, 15) is 19.2 Å². The van der Waals surface area contributed by atoms with Crippen LogP contribution in [0.1, 0.15) is 55.4 Å². The van der Waals surface area contributed by atoms with Gasteiger partial charge in [-0.3, -0.25) is 19.2 Å². The molecule has 45 heavy (non-hydrogen) atoms. The largest absolute Gasteiger partial charge is 0.493 e. The number of ether oxygens (including phenoxy) is 4. The predicted molar refractivity (Wildman–Crippen MR) is 161 cm³/mol. The Morgan fingerprint density at radius 1 is 0.800 bits per heavy atom. The standard InChI is InChI=1S/C31H36BrFN2O10/c1-16(30(38)39)8-24(36)34-12-18-10-22(42-3)23(11-19(18)13-34)44-6-5-7-45-28-26(32)20-14-35(25(37)9-17(2)31(40)41)15-21(20)27(33)29(28)43-4/h10-11,16-17H,5-9,12-15H2,1-4H3,(H,38,39)(H,40,41). The number of nitrogens with zero attached hydrogens (tertiary/aromatic N) is 2. The van der Waals surface area contributed by atoms with E-state index in [-0.39, 0.29) is 68.0 Å². The van der Waals surface area contributed by atoms with Gasteiger partial charge in [0, 0.05) is 51.0 Å². The lowest BCUT2D eigenvalue weighted by Crippen LogP contribution is -2.28. The molecule has 12 nitrogen and oxygen atoms in total. The van der Waals surface area contributed by atoms with E-state index in [2.05, 4.69) is 15.9 Å². The molecule has 2 atom stereocenters. The number of fused-ring (bicyclic) bond motifs is 2. The van der Waals surface area contributed by atoms with Crippen LogP contribution in [0.3, 0.4) is 0 Å². The number of aliphatic carboxylic acids is 2. The molecular formula is C31H36BrFN2O10. The number of amides is 2. The van der Waals surface area contributed by atoms with Crippen LogP contribution in [0.25, 0.3) is 0 Å². The van der Waals surface area contributed by atoms with E-state index in [0.717, 1.165) is 11.1 Å². The first kappa shape index (κ1) is 33.8. The second-order valence-corrected chi connectivity index (χ2v) is 11.9. The molecule has 2 heterocycles. The topological polar surface area (TPSA) is 152 Å². The van der Waals surface area contributed by atoms with Gasteiger partial charge in [-0.2, -0.15) is 0 Å². The summed E-state index contributed by atoms with van der Waals surface area (Å²) in [4.78, 5) is 50.6. The summed E-state index contributed by atoms with van der Waals surface area (Å²) in [5, 5.41) is 18.3. The predicted octanol–water partition coefficient (Wildman–Crippen LogP) is 4.36. The summed E-state index contributed by atoms with van der Waals surface area (Å²) in [6, 6.07) is 3.61. The number of carboxylic acid groups (broad SMARTS) is 2. The highest BCUT2D eigenvalue weighted by atomic mass is 79.9. The molecule has 0 bridgehead atoms. The molecule has 2 aromatic carbocycles. The summed E-state index contributed by atoms with van der Waals surface area (Å²) in [6.07, 6.45) is 0.131. The molecule has 2 aliphatic heterocycles. The van der Waals surface area contributed by atoms with Crippen LogP contribution in [0.15, 0.2) is 16.6 Å². The number of benzene rings is 2. The van der Waals surface area contributed by atoms with Crippen LogP contribution in [-0.2, 0) is 45.4 Å². The fraction of sp³-hybridized carbons (Fsp3) is 0.484. The highest BCUT2D eigenvalue weighted by molar-refractivity contribution is 9.10. The molecule has 2 N–H and O–H groups in total. The lowest BCUT2D eigenvalue weighted by molar-refractivity contribution is -0.145. The number of carboxylic acids is 2. The van der Waals surface area contributed by atoms with Crippen LogP contribution in [0.4, 0.5) is 4.39 Å². The van der Waals surface area contributed by atoms with Gasteiger partial charge in [-0.25, -0.2) is 4.39 Å². The number of rotatable bonds is 14. The Morgan fingerprint density at radius 2 is 1.31 bits per heavy atom. The number of hydrogen-bond donors (Lipinski definition) is 2. The van der Waals surface area contributed by atoms with Crippen molar-refractivity contribution in [3.05, 3.63) is 44.7 Å². The molecule has 244 valence electrons. The van der Waals surface area contributed by atoms with Gasteiger partial charge in [0.15, 0.2) is 28.8 Å². The van der Waals surface area contributed by atoms with Gasteiger partial charge in [-0.1, -0.05) is 13.8 Å². The van der Waals surface area contributed by atoms with Crippen LogP contribution in [-0.4, -0.2) is 71.2 Å². The van der Waals surface area contributed by atoms with Gasteiger partial charge in [0.1, 0.15) is 0 Å². The number of methoxy groups -OCH3 is 2. The molecule has 0 fully saturated rings. The highest BCUT2D eigenvalue weighted by Crippen LogP contribution is 2.46. The smallest absolute Gasteiger partial charge is 0.306 e. The zero-order valence-electron chi connectivity index (χ0n) is 25.5. The first-order chi connectivity index (χ1) is 21.4. The number of hydrogen-bond acceptors (Lipinski definition) is 8. The maximum Gasteiger partial charge on any atom is 0.306 e. The van der Waals surface area contributed by atoms with Gasteiger partial charge in [0.05, 0.1) is 43.7 Å². The van der Waals surface area contributed by atoms with Gasteiger partial charge < -0.3 is 39.0 Å². The SMILES string of the molecule is COc1cc2c(cc1OCCCOc1c(Br)c3c(c(F)c1OC)CN(C(=O)CC(C)C(=O)O)C3)CN(C(=O)CC(C)C(=O)O)C2. The summed E-state index contributed by atoms with van der Waals surface area (Å²) in [6.45, 7) is 4.10. The molecular weight excluding hydrogens is 659 g/mol. The van der Waals surface area contributed by atoms with E-state index in [1.165, 1.54) is 33.0 Å². The second-order valence-electron chi connectivity index (χ2n) is 11.2. The van der Waals surface area contributed by atoms with E-state index >= 15 is 4.39 Å². The molecule has 2 aliphatic rings. The monoisotopic (exact) mass is 694 g/mol. The molecule has 0 spiro atoms. The Labute approximate surface area is 268 Å². The van der Waals surface area contributed by atoms with Crippen molar-refractivity contribution < 1.29 is 52.7 Å². The number of halogens is 2. The maximum absolute atomic E-state index is 15.5. The van der Waals surface area contributed by atoms with Gasteiger partial charge in [0.25, 0.3) is 0 Å². The fourth-order valence-corrected chi connectivity index (χ4v) is 5.88. The molecule has 0 saturated carbocycles. The lowest BCUT2D eigenvalue weighted by Gasteiger charge is -2.17. The Hall–Kier alpha value is -4.07. The minimum atomic E-state index is -1.08. The van der Waals surface area contributed by atoms with Crippen molar-refractivity contribution in [3.8, 4) is 23.0 Å². The van der Waals surface area contributed by atoms with Gasteiger partial charge in [-0.15, -0.1) is 0 Å². The Bertz CT molecular complexity index is 1500. The molecule has 0 aliphatic carbocycles. The Morgan fingerprint density at radius 3 is 1.84 bits per heavy atom.